The van der Waals surface area contributed by atoms with Crippen LogP contribution in [0.1, 0.15) is 19.4 Å². The molecule has 0 unspecified atom stereocenters. The van der Waals surface area contributed by atoms with E-state index in [9.17, 15) is 8.42 Å². The summed E-state index contributed by atoms with van der Waals surface area (Å²) in [6, 6.07) is 4.82. The summed E-state index contributed by atoms with van der Waals surface area (Å²) >= 11 is 0. The van der Waals surface area contributed by atoms with Gasteiger partial charge >= 0.3 is 0 Å². The molecule has 0 saturated carbocycles. The van der Waals surface area contributed by atoms with Gasteiger partial charge in [0.15, 0.2) is 0 Å². The lowest BCUT2D eigenvalue weighted by Gasteiger charge is -2.10. The van der Waals surface area contributed by atoms with E-state index in [0.717, 1.165) is 5.56 Å². The molecule has 1 aromatic rings. The van der Waals surface area contributed by atoms with E-state index in [1.54, 1.807) is 12.1 Å². The van der Waals surface area contributed by atoms with E-state index in [4.69, 9.17) is 5.73 Å². The van der Waals surface area contributed by atoms with E-state index in [1.165, 1.54) is 6.07 Å². The van der Waals surface area contributed by atoms with Gasteiger partial charge in [-0.1, -0.05) is 13.8 Å². The van der Waals surface area contributed by atoms with Crippen molar-refractivity contribution in [2.75, 3.05) is 12.3 Å². The molecule has 1 aromatic carbocycles. The molecule has 0 aliphatic heterocycles. The smallest absolute Gasteiger partial charge is 0.240 e. The molecule has 0 heterocycles. The van der Waals surface area contributed by atoms with Crippen molar-refractivity contribution in [3.8, 4) is 0 Å². The molecular formula is C11H18N2O2S. The molecule has 4 nitrogen and oxygen atoms in total. The summed E-state index contributed by atoms with van der Waals surface area (Å²) in [5.74, 6) is 0.275. The van der Waals surface area contributed by atoms with Gasteiger partial charge in [-0.25, -0.2) is 13.1 Å². The number of hydrogen-bond acceptors (Lipinski definition) is 3. The van der Waals surface area contributed by atoms with Crippen molar-refractivity contribution in [3.05, 3.63) is 23.8 Å². The Morgan fingerprint density at radius 1 is 1.31 bits per heavy atom. The number of sulfonamides is 1. The molecule has 0 saturated heterocycles. The van der Waals surface area contributed by atoms with Crippen LogP contribution in [0.5, 0.6) is 0 Å². The van der Waals surface area contributed by atoms with Gasteiger partial charge in [-0.2, -0.15) is 0 Å². The number of hydrogen-bond donors (Lipinski definition) is 2. The van der Waals surface area contributed by atoms with Gasteiger partial charge in [0.25, 0.3) is 0 Å². The molecule has 0 fully saturated rings. The highest BCUT2D eigenvalue weighted by molar-refractivity contribution is 7.89. The highest BCUT2D eigenvalue weighted by Crippen LogP contribution is 2.16. The predicted octanol–water partition coefficient (Wildman–Crippen LogP) is 1.51. The lowest BCUT2D eigenvalue weighted by Crippen LogP contribution is -2.27. The van der Waals surface area contributed by atoms with Crippen LogP contribution in [0.4, 0.5) is 5.69 Å². The van der Waals surface area contributed by atoms with Crippen molar-refractivity contribution in [3.63, 3.8) is 0 Å². The van der Waals surface area contributed by atoms with Gasteiger partial charge in [-0.05, 0) is 36.6 Å². The fourth-order valence-corrected chi connectivity index (χ4v) is 2.64. The van der Waals surface area contributed by atoms with Gasteiger partial charge in [0, 0.05) is 12.2 Å². The SMILES string of the molecule is Cc1cc(N)cc(S(=O)(=O)NCC(C)C)c1. The number of nitrogens with two attached hydrogens (primary N) is 1. The van der Waals surface area contributed by atoms with Crippen molar-refractivity contribution in [1.29, 1.82) is 0 Å². The first-order valence-corrected chi connectivity index (χ1v) is 6.66. The maximum atomic E-state index is 11.9. The highest BCUT2D eigenvalue weighted by atomic mass is 32.2. The fourth-order valence-electron chi connectivity index (χ4n) is 1.29. The second-order valence-electron chi connectivity index (χ2n) is 4.33. The molecule has 16 heavy (non-hydrogen) atoms. The summed E-state index contributed by atoms with van der Waals surface area (Å²) in [6.45, 7) is 6.15. The first-order chi connectivity index (χ1) is 7.31. The summed E-state index contributed by atoms with van der Waals surface area (Å²) in [4.78, 5) is 0.227. The van der Waals surface area contributed by atoms with Crippen LogP contribution >= 0.6 is 0 Å². The van der Waals surface area contributed by atoms with Crippen molar-refractivity contribution in [1.82, 2.24) is 4.72 Å². The predicted molar refractivity (Wildman–Crippen MR) is 65.6 cm³/mol. The normalized spacial score (nSPS) is 12.0. The number of anilines is 1. The summed E-state index contributed by atoms with van der Waals surface area (Å²) < 4.78 is 26.3. The first kappa shape index (κ1) is 13.0. The molecule has 0 aromatic heterocycles. The molecule has 1 rings (SSSR count). The zero-order valence-corrected chi connectivity index (χ0v) is 10.6. The quantitative estimate of drug-likeness (QED) is 0.786. The Kier molecular flexibility index (Phi) is 3.93. The molecular weight excluding hydrogens is 224 g/mol. The molecule has 0 aliphatic rings. The Balaban J connectivity index is 2.98. The standard InChI is InChI=1S/C11H18N2O2S/c1-8(2)7-13-16(14,15)11-5-9(3)4-10(12)6-11/h4-6,8,13H,7,12H2,1-3H3. The summed E-state index contributed by atoms with van der Waals surface area (Å²) in [6.07, 6.45) is 0. The van der Waals surface area contributed by atoms with Crippen LogP contribution in [0.15, 0.2) is 23.1 Å². The van der Waals surface area contributed by atoms with E-state index in [-0.39, 0.29) is 10.8 Å². The Morgan fingerprint density at radius 3 is 2.44 bits per heavy atom. The first-order valence-electron chi connectivity index (χ1n) is 5.18. The summed E-state index contributed by atoms with van der Waals surface area (Å²) in [5, 5.41) is 0. The second-order valence-corrected chi connectivity index (χ2v) is 6.09. The van der Waals surface area contributed by atoms with Crippen molar-refractivity contribution < 1.29 is 8.42 Å². The Morgan fingerprint density at radius 2 is 1.94 bits per heavy atom. The van der Waals surface area contributed by atoms with Gasteiger partial charge in [0.1, 0.15) is 0 Å². The molecule has 0 spiro atoms. The van der Waals surface area contributed by atoms with E-state index >= 15 is 0 Å². The lowest BCUT2D eigenvalue weighted by atomic mass is 10.2. The molecule has 3 N–H and O–H groups in total. The number of rotatable bonds is 4. The molecule has 0 atom stereocenters. The van der Waals surface area contributed by atoms with Gasteiger partial charge in [-0.15, -0.1) is 0 Å². The van der Waals surface area contributed by atoms with Crippen molar-refractivity contribution in [2.24, 2.45) is 5.92 Å². The maximum absolute atomic E-state index is 11.9. The average molecular weight is 242 g/mol. The molecule has 5 heteroatoms. The van der Waals surface area contributed by atoms with Gasteiger partial charge in [0.05, 0.1) is 4.90 Å². The summed E-state index contributed by atoms with van der Waals surface area (Å²) in [5.41, 5.74) is 6.92. The van der Waals surface area contributed by atoms with Crippen LogP contribution in [0.3, 0.4) is 0 Å². The third-order valence-corrected chi connectivity index (χ3v) is 3.47. The minimum Gasteiger partial charge on any atom is -0.399 e. The van der Waals surface area contributed by atoms with E-state index in [1.807, 2.05) is 20.8 Å². The average Bonchev–Trinajstić information content (AvgIpc) is 2.13. The van der Waals surface area contributed by atoms with Crippen molar-refractivity contribution in [2.45, 2.75) is 25.7 Å². The number of benzene rings is 1. The Hall–Kier alpha value is -1.07. The zero-order valence-electron chi connectivity index (χ0n) is 9.82. The number of nitrogen functional groups attached to an aromatic ring is 1. The van der Waals surface area contributed by atoms with Crippen LogP contribution in [-0.2, 0) is 10.0 Å². The zero-order chi connectivity index (χ0) is 12.3. The maximum Gasteiger partial charge on any atom is 0.240 e. The third-order valence-electron chi connectivity index (χ3n) is 2.07. The third kappa shape index (κ3) is 3.50. The van der Waals surface area contributed by atoms with Crippen LogP contribution in [0.25, 0.3) is 0 Å². The van der Waals surface area contributed by atoms with Crippen LogP contribution in [-0.4, -0.2) is 15.0 Å². The molecule has 0 radical (unpaired) electrons. The second kappa shape index (κ2) is 4.84. The Labute approximate surface area is 96.9 Å². The lowest BCUT2D eigenvalue weighted by molar-refractivity contribution is 0.560. The molecule has 0 amide bonds. The van der Waals surface area contributed by atoms with E-state index in [0.29, 0.717) is 12.2 Å². The number of nitrogens with one attached hydrogen (secondary N) is 1. The highest BCUT2D eigenvalue weighted by Gasteiger charge is 2.14. The van der Waals surface area contributed by atoms with Crippen LogP contribution in [0, 0.1) is 12.8 Å². The summed E-state index contributed by atoms with van der Waals surface area (Å²) in [7, 11) is -3.43. The van der Waals surface area contributed by atoms with Gasteiger partial charge in [0.2, 0.25) is 10.0 Å². The topological polar surface area (TPSA) is 72.2 Å². The molecule has 90 valence electrons. The minimum absolute atomic E-state index is 0.227. The van der Waals surface area contributed by atoms with Gasteiger partial charge < -0.3 is 5.73 Å². The van der Waals surface area contributed by atoms with Crippen molar-refractivity contribution >= 4 is 15.7 Å². The monoisotopic (exact) mass is 242 g/mol. The van der Waals surface area contributed by atoms with Crippen LogP contribution < -0.4 is 10.5 Å². The minimum atomic E-state index is -3.43. The fraction of sp³-hybridized carbons (Fsp3) is 0.455. The molecule has 0 bridgehead atoms. The van der Waals surface area contributed by atoms with Gasteiger partial charge in [-0.3, -0.25) is 0 Å². The Bertz CT molecular complexity index is 447. The number of aryl methyl sites for hydroxylation is 1. The largest absolute Gasteiger partial charge is 0.399 e. The van der Waals surface area contributed by atoms with Crippen LogP contribution in [0.2, 0.25) is 0 Å². The molecule has 0 aliphatic carbocycles. The van der Waals surface area contributed by atoms with E-state index in [2.05, 4.69) is 4.72 Å². The van der Waals surface area contributed by atoms with E-state index < -0.39 is 10.0 Å².